The molecular weight excluding hydrogens is 228 g/mol. The summed E-state index contributed by atoms with van der Waals surface area (Å²) in [7, 11) is -3.12. The molecule has 1 atom stereocenters. The lowest BCUT2D eigenvalue weighted by molar-refractivity contribution is -0.119. The normalized spacial score (nSPS) is 24.1. The Balaban J connectivity index is 0.00000169. The molecule has 1 aliphatic rings. The van der Waals surface area contributed by atoms with Gasteiger partial charge in [0, 0.05) is 25.7 Å². The maximum Gasteiger partial charge on any atom is 0.211 e. The molecule has 0 unspecified atom stereocenters. The average molecular weight is 243 g/mol. The Kier molecular flexibility index (Phi) is 4.83. The molecule has 0 aromatic rings. The first kappa shape index (κ1) is 13.7. The van der Waals surface area contributed by atoms with Crippen LogP contribution in [0.4, 0.5) is 0 Å². The van der Waals surface area contributed by atoms with Gasteiger partial charge < -0.3 is 4.90 Å². The van der Waals surface area contributed by atoms with Crippen molar-refractivity contribution in [2.75, 3.05) is 25.9 Å². The van der Waals surface area contributed by atoms with E-state index >= 15 is 0 Å². The molecule has 7 heteroatoms. The van der Waals surface area contributed by atoms with Crippen LogP contribution in [-0.4, -0.2) is 56.0 Å². The zero-order valence-corrected chi connectivity index (χ0v) is 9.84. The summed E-state index contributed by atoms with van der Waals surface area (Å²) in [5.74, 6) is 0. The third-order valence-corrected chi connectivity index (χ3v) is 3.57. The molecule has 1 aliphatic heterocycles. The number of hydrogen-bond acceptors (Lipinski definition) is 3. The minimum absolute atomic E-state index is 0. The van der Waals surface area contributed by atoms with Gasteiger partial charge >= 0.3 is 0 Å². The quantitative estimate of drug-likeness (QED) is 0.616. The monoisotopic (exact) mass is 242 g/mol. The van der Waals surface area contributed by atoms with E-state index in [0.717, 1.165) is 6.41 Å². The van der Waals surface area contributed by atoms with E-state index in [2.05, 4.69) is 0 Å². The second-order valence-corrected chi connectivity index (χ2v) is 5.26. The minimum atomic E-state index is -3.12. The van der Waals surface area contributed by atoms with Crippen LogP contribution in [0, 0.1) is 0 Å². The number of piperazine rings is 1. The van der Waals surface area contributed by atoms with Gasteiger partial charge in [-0.2, -0.15) is 4.31 Å². The highest BCUT2D eigenvalue weighted by molar-refractivity contribution is 7.88. The van der Waals surface area contributed by atoms with Crippen LogP contribution in [0.15, 0.2) is 0 Å². The fraction of sp³-hybridized carbons (Fsp3) is 0.857. The molecule has 0 saturated carbocycles. The van der Waals surface area contributed by atoms with E-state index in [0.29, 0.717) is 19.6 Å². The molecule has 5 nitrogen and oxygen atoms in total. The molecule has 1 fully saturated rings. The standard InChI is InChI=1S/C7H14N2O3S.ClH/c1-7-5-8(6-10)3-4-9(7)13(2,11)12;/h6-7H,3-5H2,1-2H3;1H/t7-;/m1./s1. The van der Waals surface area contributed by atoms with Gasteiger partial charge in [0.25, 0.3) is 0 Å². The molecule has 0 radical (unpaired) electrons. The first-order valence-corrected chi connectivity index (χ1v) is 5.96. The van der Waals surface area contributed by atoms with Gasteiger partial charge in [-0.25, -0.2) is 8.42 Å². The summed E-state index contributed by atoms with van der Waals surface area (Å²) in [5.41, 5.74) is 0. The Morgan fingerprint density at radius 3 is 2.29 bits per heavy atom. The number of halogens is 1. The van der Waals surface area contributed by atoms with Crippen molar-refractivity contribution in [3.8, 4) is 0 Å². The molecule has 1 amide bonds. The number of rotatable bonds is 2. The summed E-state index contributed by atoms with van der Waals surface area (Å²) in [4.78, 5) is 12.0. The lowest BCUT2D eigenvalue weighted by Gasteiger charge is -2.36. The molecule has 0 aromatic carbocycles. The van der Waals surface area contributed by atoms with Crippen molar-refractivity contribution in [3.63, 3.8) is 0 Å². The Morgan fingerprint density at radius 1 is 1.36 bits per heavy atom. The highest BCUT2D eigenvalue weighted by Crippen LogP contribution is 2.11. The van der Waals surface area contributed by atoms with E-state index in [9.17, 15) is 13.2 Å². The van der Waals surface area contributed by atoms with Gasteiger partial charge in [0.05, 0.1) is 6.26 Å². The lowest BCUT2D eigenvalue weighted by Crippen LogP contribution is -2.53. The Bertz CT molecular complexity index is 293. The average Bonchev–Trinajstić information content (AvgIpc) is 2.01. The molecule has 14 heavy (non-hydrogen) atoms. The van der Waals surface area contributed by atoms with Gasteiger partial charge in [0.15, 0.2) is 0 Å². The van der Waals surface area contributed by atoms with Gasteiger partial charge in [0.1, 0.15) is 0 Å². The maximum absolute atomic E-state index is 11.2. The summed E-state index contributed by atoms with van der Waals surface area (Å²) in [6, 6.07) is -0.117. The summed E-state index contributed by atoms with van der Waals surface area (Å²) in [6.07, 6.45) is 1.95. The summed E-state index contributed by atoms with van der Waals surface area (Å²) in [5, 5.41) is 0. The van der Waals surface area contributed by atoms with E-state index in [4.69, 9.17) is 0 Å². The third kappa shape index (κ3) is 3.11. The second-order valence-electron chi connectivity index (χ2n) is 3.32. The topological polar surface area (TPSA) is 57.7 Å². The molecule has 1 saturated heterocycles. The summed E-state index contributed by atoms with van der Waals surface area (Å²) < 4.78 is 23.8. The van der Waals surface area contributed by atoms with Crippen LogP contribution in [0.1, 0.15) is 6.92 Å². The number of nitrogens with zero attached hydrogens (tertiary/aromatic N) is 2. The first-order chi connectivity index (χ1) is 5.95. The summed E-state index contributed by atoms with van der Waals surface area (Å²) in [6.45, 7) is 3.17. The van der Waals surface area contributed by atoms with Gasteiger partial charge in [-0.05, 0) is 6.92 Å². The Hall–Kier alpha value is -0.330. The zero-order valence-electron chi connectivity index (χ0n) is 8.21. The van der Waals surface area contributed by atoms with E-state index in [1.54, 1.807) is 11.8 Å². The maximum atomic E-state index is 11.2. The molecule has 1 rings (SSSR count). The SMILES string of the molecule is C[C@@H]1CN(C=O)CCN1S(C)(=O)=O.Cl. The fourth-order valence-electron chi connectivity index (χ4n) is 1.56. The van der Waals surface area contributed by atoms with E-state index in [1.807, 2.05) is 0 Å². The van der Waals surface area contributed by atoms with Crippen LogP contribution in [-0.2, 0) is 14.8 Å². The molecule has 84 valence electrons. The predicted molar refractivity (Wildman–Crippen MR) is 55.9 cm³/mol. The number of carbonyl (C=O) groups is 1. The molecular formula is C7H15ClN2O3S. The van der Waals surface area contributed by atoms with E-state index in [1.165, 1.54) is 10.6 Å². The Morgan fingerprint density at radius 2 is 1.93 bits per heavy atom. The fourth-order valence-corrected chi connectivity index (χ4v) is 2.69. The number of carbonyl (C=O) groups excluding carboxylic acids is 1. The van der Waals surface area contributed by atoms with Crippen molar-refractivity contribution in [1.29, 1.82) is 0 Å². The van der Waals surface area contributed by atoms with Crippen molar-refractivity contribution >= 4 is 28.8 Å². The van der Waals surface area contributed by atoms with E-state index in [-0.39, 0.29) is 18.4 Å². The minimum Gasteiger partial charge on any atom is -0.342 e. The number of amides is 1. The van der Waals surface area contributed by atoms with Crippen LogP contribution in [0.3, 0.4) is 0 Å². The number of hydrogen-bond donors (Lipinski definition) is 0. The van der Waals surface area contributed by atoms with Crippen molar-refractivity contribution < 1.29 is 13.2 Å². The molecule has 0 spiro atoms. The van der Waals surface area contributed by atoms with E-state index < -0.39 is 10.0 Å². The molecule has 1 heterocycles. The van der Waals surface area contributed by atoms with Crippen LogP contribution < -0.4 is 0 Å². The second kappa shape index (κ2) is 4.95. The zero-order chi connectivity index (χ0) is 10.1. The van der Waals surface area contributed by atoms with Gasteiger partial charge in [0.2, 0.25) is 16.4 Å². The van der Waals surface area contributed by atoms with Gasteiger partial charge in [-0.3, -0.25) is 4.79 Å². The molecule has 0 N–H and O–H groups in total. The van der Waals surface area contributed by atoms with Crippen LogP contribution in [0.25, 0.3) is 0 Å². The number of sulfonamides is 1. The van der Waals surface area contributed by atoms with Crippen molar-refractivity contribution in [2.24, 2.45) is 0 Å². The van der Waals surface area contributed by atoms with Crippen LogP contribution in [0.5, 0.6) is 0 Å². The van der Waals surface area contributed by atoms with Gasteiger partial charge in [-0.15, -0.1) is 12.4 Å². The molecule has 0 aromatic heterocycles. The van der Waals surface area contributed by atoms with Crippen molar-refractivity contribution in [3.05, 3.63) is 0 Å². The summed E-state index contributed by atoms with van der Waals surface area (Å²) >= 11 is 0. The largest absolute Gasteiger partial charge is 0.342 e. The Labute approximate surface area is 90.5 Å². The van der Waals surface area contributed by atoms with Gasteiger partial charge in [-0.1, -0.05) is 0 Å². The predicted octanol–water partition coefficient (Wildman–Crippen LogP) is -0.470. The molecule has 0 bridgehead atoms. The first-order valence-electron chi connectivity index (χ1n) is 4.11. The van der Waals surface area contributed by atoms with Crippen LogP contribution >= 0.6 is 12.4 Å². The van der Waals surface area contributed by atoms with Crippen molar-refractivity contribution in [2.45, 2.75) is 13.0 Å². The lowest BCUT2D eigenvalue weighted by atomic mass is 10.2. The smallest absolute Gasteiger partial charge is 0.211 e. The van der Waals surface area contributed by atoms with Crippen molar-refractivity contribution in [1.82, 2.24) is 9.21 Å². The third-order valence-electron chi connectivity index (χ3n) is 2.17. The highest BCUT2D eigenvalue weighted by atomic mass is 35.5. The molecule has 0 aliphatic carbocycles. The van der Waals surface area contributed by atoms with Crippen LogP contribution in [0.2, 0.25) is 0 Å². The highest BCUT2D eigenvalue weighted by Gasteiger charge is 2.28.